The zero-order chi connectivity index (χ0) is 22.8. The van der Waals surface area contributed by atoms with Crippen molar-refractivity contribution in [1.29, 1.82) is 0 Å². The maximum absolute atomic E-state index is 11.3. The summed E-state index contributed by atoms with van der Waals surface area (Å²) in [7, 11) is 0. The van der Waals surface area contributed by atoms with Crippen molar-refractivity contribution in [1.82, 2.24) is 0 Å². The topological polar surface area (TPSA) is 76.7 Å². The highest BCUT2D eigenvalue weighted by Gasteiger charge is 2.09. The van der Waals surface area contributed by atoms with E-state index >= 15 is 0 Å². The van der Waals surface area contributed by atoms with Gasteiger partial charge in [-0.05, 0) is 76.9 Å². The van der Waals surface area contributed by atoms with E-state index in [0.29, 0.717) is 21.4 Å². The highest BCUT2D eigenvalue weighted by Crippen LogP contribution is 2.23. The number of hydrogen-bond acceptors (Lipinski definition) is 4. The molecule has 0 aliphatic carbocycles. The van der Waals surface area contributed by atoms with E-state index < -0.39 is 12.2 Å². The summed E-state index contributed by atoms with van der Waals surface area (Å²) in [5.41, 5.74) is 3.13. The molecule has 0 fully saturated rings. The van der Waals surface area contributed by atoms with Crippen LogP contribution in [-0.4, -0.2) is 24.4 Å². The molecule has 0 aliphatic heterocycles. The Labute approximate surface area is 187 Å². The fraction of sp³-hybridized carbons (Fsp3) is 0.364. The van der Waals surface area contributed by atoms with Crippen LogP contribution in [0.3, 0.4) is 0 Å². The first-order valence-electron chi connectivity index (χ1n) is 9.46. The van der Waals surface area contributed by atoms with Gasteiger partial charge in [-0.25, -0.2) is 9.59 Å². The van der Waals surface area contributed by atoms with Crippen LogP contribution in [0.25, 0.3) is 0 Å². The van der Waals surface area contributed by atoms with Crippen molar-refractivity contribution >= 4 is 46.8 Å². The van der Waals surface area contributed by atoms with Crippen molar-refractivity contribution < 1.29 is 19.1 Å². The van der Waals surface area contributed by atoms with Gasteiger partial charge in [0.15, 0.2) is 0 Å². The Morgan fingerprint density at radius 2 is 1.37 bits per heavy atom. The van der Waals surface area contributed by atoms with E-state index in [-0.39, 0.29) is 12.2 Å². The molecule has 2 aromatic carbocycles. The summed E-state index contributed by atoms with van der Waals surface area (Å²) in [6.45, 7) is 10.9. The molecule has 0 radical (unpaired) electrons. The molecule has 2 rings (SSSR count). The van der Waals surface area contributed by atoms with Crippen molar-refractivity contribution in [3.8, 4) is 0 Å². The second kappa shape index (κ2) is 12.3. The second-order valence-electron chi connectivity index (χ2n) is 7.03. The van der Waals surface area contributed by atoms with Crippen LogP contribution in [0.5, 0.6) is 0 Å². The number of benzene rings is 2. The molecular weight excluding hydrogens is 427 g/mol. The van der Waals surface area contributed by atoms with Gasteiger partial charge in [-0.15, -0.1) is 0 Å². The Bertz CT molecular complexity index is 848. The Kier molecular flexibility index (Phi) is 10.5. The lowest BCUT2D eigenvalue weighted by molar-refractivity contribution is 0.129. The average molecular weight is 455 g/mol. The van der Waals surface area contributed by atoms with Crippen molar-refractivity contribution in [2.24, 2.45) is 0 Å². The number of ether oxygens (including phenoxy) is 2. The molecule has 0 saturated carbocycles. The molecular formula is C22H28Cl2N2O4. The number of hydrogen-bond donors (Lipinski definition) is 2. The molecule has 2 amide bonds. The van der Waals surface area contributed by atoms with E-state index in [0.717, 1.165) is 11.1 Å². The molecule has 30 heavy (non-hydrogen) atoms. The molecule has 6 nitrogen and oxygen atoms in total. The molecule has 0 unspecified atom stereocenters. The zero-order valence-electron chi connectivity index (χ0n) is 18.0. The smallest absolute Gasteiger partial charge is 0.411 e. The van der Waals surface area contributed by atoms with Crippen LogP contribution in [-0.2, 0) is 9.47 Å². The average Bonchev–Trinajstić information content (AvgIpc) is 2.61. The maximum Gasteiger partial charge on any atom is 0.411 e. The maximum atomic E-state index is 11.3. The number of nitrogens with one attached hydrogen (secondary N) is 2. The quantitative estimate of drug-likeness (QED) is 0.511. The van der Waals surface area contributed by atoms with Crippen molar-refractivity contribution in [3.63, 3.8) is 0 Å². The predicted molar refractivity (Wildman–Crippen MR) is 123 cm³/mol. The van der Waals surface area contributed by atoms with Gasteiger partial charge in [0.2, 0.25) is 0 Å². The fourth-order valence-corrected chi connectivity index (χ4v) is 2.53. The van der Waals surface area contributed by atoms with Crippen molar-refractivity contribution in [3.05, 3.63) is 57.6 Å². The molecule has 0 atom stereocenters. The monoisotopic (exact) mass is 454 g/mol. The Morgan fingerprint density at radius 1 is 0.833 bits per heavy atom. The van der Waals surface area contributed by atoms with Crippen LogP contribution in [0.15, 0.2) is 36.4 Å². The molecule has 8 heteroatoms. The van der Waals surface area contributed by atoms with Gasteiger partial charge < -0.3 is 9.47 Å². The molecule has 2 aromatic rings. The number of amides is 2. The third-order valence-electron chi connectivity index (χ3n) is 3.63. The van der Waals surface area contributed by atoms with Gasteiger partial charge in [-0.2, -0.15) is 0 Å². The molecule has 2 N–H and O–H groups in total. The highest BCUT2D eigenvalue weighted by molar-refractivity contribution is 6.31. The van der Waals surface area contributed by atoms with Gasteiger partial charge in [0.05, 0.1) is 12.2 Å². The first kappa shape index (κ1) is 25.6. The predicted octanol–water partition coefficient (Wildman–Crippen LogP) is 7.21. The number of carbonyl (C=O) groups excluding carboxylic acids is 2. The van der Waals surface area contributed by atoms with Crippen LogP contribution in [0.2, 0.25) is 10.0 Å². The molecule has 0 heterocycles. The van der Waals surface area contributed by atoms with E-state index in [1.807, 2.05) is 19.9 Å². The van der Waals surface area contributed by atoms with Gasteiger partial charge in [0.1, 0.15) is 0 Å². The number of halogens is 2. The minimum absolute atomic E-state index is 0.135. The first-order chi connectivity index (χ1) is 14.0. The third kappa shape index (κ3) is 9.37. The Hall–Kier alpha value is -2.44. The van der Waals surface area contributed by atoms with Crippen molar-refractivity contribution in [2.75, 3.05) is 10.6 Å². The minimum atomic E-state index is -0.463. The molecule has 0 aromatic heterocycles. The summed E-state index contributed by atoms with van der Waals surface area (Å²) >= 11 is 11.7. The Balaban J connectivity index is 0.000000300. The van der Waals surface area contributed by atoms with E-state index in [1.54, 1.807) is 58.0 Å². The van der Waals surface area contributed by atoms with Crippen LogP contribution < -0.4 is 10.6 Å². The van der Waals surface area contributed by atoms with Crippen LogP contribution in [0, 0.1) is 13.8 Å². The van der Waals surface area contributed by atoms with Crippen molar-refractivity contribution in [2.45, 2.75) is 53.8 Å². The largest absolute Gasteiger partial charge is 0.447 e. The van der Waals surface area contributed by atoms with Crippen LogP contribution in [0.4, 0.5) is 21.0 Å². The molecule has 0 saturated heterocycles. The summed E-state index contributed by atoms with van der Waals surface area (Å²) in [5, 5.41) is 6.48. The van der Waals surface area contributed by atoms with E-state index in [4.69, 9.17) is 32.7 Å². The standard InChI is InChI=1S/2C11H14ClNO2/c1-7(2)15-11(14)13-10-6-9(12)5-4-8(10)3;1-7(2)15-11(14)13-10-6-4-5-9(12)8(10)3/h2*4-7H,1-3H3,(H,13,14). The number of carbonyl (C=O) groups is 2. The van der Waals surface area contributed by atoms with Crippen LogP contribution >= 0.6 is 23.2 Å². The zero-order valence-corrected chi connectivity index (χ0v) is 19.5. The summed E-state index contributed by atoms with van der Waals surface area (Å²) in [6.07, 6.45) is -1.19. The third-order valence-corrected chi connectivity index (χ3v) is 4.27. The molecule has 0 spiro atoms. The highest BCUT2D eigenvalue weighted by atomic mass is 35.5. The summed E-state index contributed by atoms with van der Waals surface area (Å²) in [4.78, 5) is 22.6. The summed E-state index contributed by atoms with van der Waals surface area (Å²) in [5.74, 6) is 0. The number of rotatable bonds is 4. The van der Waals surface area contributed by atoms with E-state index in [2.05, 4.69) is 10.6 Å². The van der Waals surface area contributed by atoms with Gasteiger partial charge >= 0.3 is 12.2 Å². The number of anilines is 2. The lowest BCUT2D eigenvalue weighted by atomic mass is 10.2. The van der Waals surface area contributed by atoms with Gasteiger partial charge in [0, 0.05) is 21.4 Å². The molecule has 164 valence electrons. The summed E-state index contributed by atoms with van der Waals surface area (Å²) < 4.78 is 9.91. The van der Waals surface area contributed by atoms with Gasteiger partial charge in [0.25, 0.3) is 0 Å². The number of aryl methyl sites for hydroxylation is 1. The lowest BCUT2D eigenvalue weighted by Crippen LogP contribution is -2.18. The van der Waals surface area contributed by atoms with E-state index in [1.165, 1.54) is 0 Å². The molecule has 0 aliphatic rings. The molecule has 0 bridgehead atoms. The fourth-order valence-electron chi connectivity index (χ4n) is 2.18. The van der Waals surface area contributed by atoms with Gasteiger partial charge in [-0.3, -0.25) is 10.6 Å². The minimum Gasteiger partial charge on any atom is -0.447 e. The van der Waals surface area contributed by atoms with Gasteiger partial charge in [-0.1, -0.05) is 35.3 Å². The normalized spacial score (nSPS) is 10.2. The SMILES string of the molecule is Cc1c(Cl)cccc1NC(=O)OC(C)C.Cc1ccc(Cl)cc1NC(=O)OC(C)C. The van der Waals surface area contributed by atoms with Crippen LogP contribution in [0.1, 0.15) is 38.8 Å². The van der Waals surface area contributed by atoms with E-state index in [9.17, 15) is 9.59 Å². The Morgan fingerprint density at radius 3 is 1.90 bits per heavy atom. The lowest BCUT2D eigenvalue weighted by Gasteiger charge is -2.11. The second-order valence-corrected chi connectivity index (χ2v) is 7.87. The first-order valence-corrected chi connectivity index (χ1v) is 10.2. The summed E-state index contributed by atoms with van der Waals surface area (Å²) in [6, 6.07) is 10.6.